The van der Waals surface area contributed by atoms with Crippen LogP contribution in [0.25, 0.3) is 0 Å². The van der Waals surface area contributed by atoms with E-state index in [4.69, 9.17) is 5.73 Å². The Labute approximate surface area is 165 Å². The van der Waals surface area contributed by atoms with Crippen LogP contribution in [0.3, 0.4) is 0 Å². The third-order valence-corrected chi connectivity index (χ3v) is 6.47. The number of carbonyl (C=O) groups is 2. The quantitative estimate of drug-likeness (QED) is 0.630. The lowest BCUT2D eigenvalue weighted by molar-refractivity contribution is 0.1000. The minimum absolute atomic E-state index is 0.204. The second kappa shape index (κ2) is 7.86. The normalized spacial score (nSPS) is 16.3. The number of carbonyl (C=O) groups excluding carboxylic acids is 2. The fraction of sp³-hybridized carbons (Fsp3) is 0.368. The van der Waals surface area contributed by atoms with E-state index >= 15 is 0 Å². The van der Waals surface area contributed by atoms with E-state index in [1.807, 2.05) is 18.2 Å². The first-order valence-corrected chi connectivity index (χ1v) is 10.4. The van der Waals surface area contributed by atoms with Gasteiger partial charge in [0.15, 0.2) is 0 Å². The van der Waals surface area contributed by atoms with Gasteiger partial charge in [-0.15, -0.1) is 11.3 Å². The van der Waals surface area contributed by atoms with Gasteiger partial charge in [0.25, 0.3) is 11.8 Å². The van der Waals surface area contributed by atoms with E-state index in [0.29, 0.717) is 22.0 Å². The molecule has 0 saturated heterocycles. The average Bonchev–Trinajstić information content (AvgIpc) is 2.92. The molecule has 1 aliphatic carbocycles. The lowest BCUT2D eigenvalue weighted by Crippen LogP contribution is -2.20. The Morgan fingerprint density at radius 3 is 2.88 bits per heavy atom. The molecule has 132 valence electrons. The number of benzene rings is 1. The van der Waals surface area contributed by atoms with E-state index in [2.05, 4.69) is 34.8 Å². The van der Waals surface area contributed by atoms with Crippen LogP contribution in [0.15, 0.2) is 24.3 Å². The zero-order valence-electron chi connectivity index (χ0n) is 14.1. The van der Waals surface area contributed by atoms with Crippen LogP contribution in [0.1, 0.15) is 57.3 Å². The van der Waals surface area contributed by atoms with Crippen molar-refractivity contribution in [2.45, 2.75) is 39.0 Å². The molecule has 1 aromatic carbocycles. The second-order valence-electron chi connectivity index (χ2n) is 6.43. The van der Waals surface area contributed by atoms with Gasteiger partial charge in [0.05, 0.1) is 5.56 Å². The van der Waals surface area contributed by atoms with Crippen LogP contribution in [-0.4, -0.2) is 11.8 Å². The summed E-state index contributed by atoms with van der Waals surface area (Å²) in [7, 11) is 0. The van der Waals surface area contributed by atoms with Crippen LogP contribution in [0, 0.1) is 9.49 Å². The molecule has 0 radical (unpaired) electrons. The van der Waals surface area contributed by atoms with Gasteiger partial charge in [-0.2, -0.15) is 0 Å². The third kappa shape index (κ3) is 4.06. The summed E-state index contributed by atoms with van der Waals surface area (Å²) in [4.78, 5) is 25.8. The maximum atomic E-state index is 12.6. The molecular weight excluding hydrogens is 447 g/mol. The summed E-state index contributed by atoms with van der Waals surface area (Å²) in [5.74, 6) is 0.00485. The van der Waals surface area contributed by atoms with E-state index in [-0.39, 0.29) is 5.91 Å². The summed E-state index contributed by atoms with van der Waals surface area (Å²) in [5.41, 5.74) is 7.76. The first kappa shape index (κ1) is 18.4. The van der Waals surface area contributed by atoms with Crippen LogP contribution in [0.4, 0.5) is 5.00 Å². The molecule has 2 amide bonds. The molecule has 3 rings (SSSR count). The van der Waals surface area contributed by atoms with Crippen molar-refractivity contribution >= 4 is 50.7 Å². The van der Waals surface area contributed by atoms with Gasteiger partial charge in [0, 0.05) is 14.0 Å². The molecule has 0 bridgehead atoms. The molecule has 1 aliphatic rings. The van der Waals surface area contributed by atoms with Gasteiger partial charge in [0.1, 0.15) is 5.00 Å². The molecular formula is C19H21IN2O2S. The second-order valence-corrected chi connectivity index (χ2v) is 8.78. The number of nitrogens with one attached hydrogen (secondary N) is 1. The van der Waals surface area contributed by atoms with Crippen molar-refractivity contribution < 1.29 is 9.59 Å². The molecule has 0 spiro atoms. The maximum Gasteiger partial charge on any atom is 0.256 e. The van der Waals surface area contributed by atoms with Gasteiger partial charge < -0.3 is 11.1 Å². The number of rotatable bonds is 5. The molecule has 2 aromatic rings. The van der Waals surface area contributed by atoms with Crippen LogP contribution in [0.5, 0.6) is 0 Å². The third-order valence-electron chi connectivity index (χ3n) is 4.62. The standard InChI is InChI=1S/C19H21IN2O2S/c1-2-4-11-7-8-14-15(9-11)25-19(16(14)17(21)23)22-18(24)12-5-3-6-13(20)10-12/h3,5-6,10-11H,2,4,7-9H2,1H3,(H2,21,23)(H,22,24). The molecule has 1 atom stereocenters. The molecule has 25 heavy (non-hydrogen) atoms. The Kier molecular flexibility index (Phi) is 5.78. The molecule has 0 fully saturated rings. The minimum atomic E-state index is -0.454. The summed E-state index contributed by atoms with van der Waals surface area (Å²) in [6.45, 7) is 2.20. The number of fused-ring (bicyclic) bond motifs is 1. The van der Waals surface area contributed by atoms with E-state index in [1.54, 1.807) is 6.07 Å². The zero-order valence-corrected chi connectivity index (χ0v) is 17.1. The highest BCUT2D eigenvalue weighted by molar-refractivity contribution is 14.1. The number of amides is 2. The minimum Gasteiger partial charge on any atom is -0.365 e. The van der Waals surface area contributed by atoms with Crippen molar-refractivity contribution in [3.63, 3.8) is 0 Å². The largest absolute Gasteiger partial charge is 0.365 e. The molecule has 1 aromatic heterocycles. The predicted molar refractivity (Wildman–Crippen MR) is 110 cm³/mol. The van der Waals surface area contributed by atoms with Gasteiger partial charge in [-0.25, -0.2) is 0 Å². The average molecular weight is 468 g/mol. The number of hydrogen-bond donors (Lipinski definition) is 2. The molecule has 6 heteroatoms. The first-order chi connectivity index (χ1) is 12.0. The number of nitrogens with two attached hydrogens (primary N) is 1. The molecule has 1 heterocycles. The van der Waals surface area contributed by atoms with Gasteiger partial charge >= 0.3 is 0 Å². The lowest BCUT2D eigenvalue weighted by Gasteiger charge is -2.21. The fourth-order valence-electron chi connectivity index (χ4n) is 3.46. The highest BCUT2D eigenvalue weighted by Crippen LogP contribution is 2.40. The maximum absolute atomic E-state index is 12.6. The number of thiophene rings is 1. The van der Waals surface area contributed by atoms with E-state index in [1.165, 1.54) is 29.1 Å². The monoisotopic (exact) mass is 468 g/mol. The number of halogens is 1. The molecule has 3 N–H and O–H groups in total. The first-order valence-electron chi connectivity index (χ1n) is 8.50. The molecule has 0 aliphatic heterocycles. The highest BCUT2D eigenvalue weighted by Gasteiger charge is 2.28. The smallest absolute Gasteiger partial charge is 0.256 e. The van der Waals surface area contributed by atoms with Crippen LogP contribution in [0.2, 0.25) is 0 Å². The number of primary amides is 1. The van der Waals surface area contributed by atoms with Gasteiger partial charge in [-0.05, 0) is 71.5 Å². The van der Waals surface area contributed by atoms with Crippen LogP contribution in [-0.2, 0) is 12.8 Å². The van der Waals surface area contributed by atoms with Crippen LogP contribution >= 0.6 is 33.9 Å². The Bertz CT molecular complexity index is 816. The van der Waals surface area contributed by atoms with Crippen molar-refractivity contribution in [3.05, 3.63) is 49.4 Å². The molecule has 0 saturated carbocycles. The summed E-state index contributed by atoms with van der Waals surface area (Å²) in [6, 6.07) is 7.38. The number of anilines is 1. The Balaban J connectivity index is 1.89. The van der Waals surface area contributed by atoms with E-state index < -0.39 is 5.91 Å². The number of hydrogen-bond acceptors (Lipinski definition) is 3. The summed E-state index contributed by atoms with van der Waals surface area (Å²) < 4.78 is 0.994. The highest BCUT2D eigenvalue weighted by atomic mass is 127. The summed E-state index contributed by atoms with van der Waals surface area (Å²) >= 11 is 3.69. The predicted octanol–water partition coefficient (Wildman–Crippen LogP) is 4.61. The van der Waals surface area contributed by atoms with Crippen molar-refractivity contribution in [1.29, 1.82) is 0 Å². The Morgan fingerprint density at radius 2 is 2.20 bits per heavy atom. The fourth-order valence-corrected chi connectivity index (χ4v) is 5.37. The van der Waals surface area contributed by atoms with E-state index in [9.17, 15) is 9.59 Å². The zero-order chi connectivity index (χ0) is 18.0. The van der Waals surface area contributed by atoms with Crippen molar-refractivity contribution in [2.24, 2.45) is 11.7 Å². The van der Waals surface area contributed by atoms with Gasteiger partial charge in [-0.1, -0.05) is 25.8 Å². The van der Waals surface area contributed by atoms with Gasteiger partial charge in [-0.3, -0.25) is 9.59 Å². The van der Waals surface area contributed by atoms with Crippen molar-refractivity contribution in [3.8, 4) is 0 Å². The lowest BCUT2D eigenvalue weighted by atomic mass is 9.84. The van der Waals surface area contributed by atoms with Crippen molar-refractivity contribution in [1.82, 2.24) is 0 Å². The summed E-state index contributed by atoms with van der Waals surface area (Å²) in [6.07, 6.45) is 5.31. The van der Waals surface area contributed by atoms with Gasteiger partial charge in [0.2, 0.25) is 0 Å². The topological polar surface area (TPSA) is 72.2 Å². The van der Waals surface area contributed by atoms with E-state index in [0.717, 1.165) is 28.4 Å². The van der Waals surface area contributed by atoms with Crippen LogP contribution < -0.4 is 11.1 Å². The molecule has 1 unspecified atom stereocenters. The Morgan fingerprint density at radius 1 is 1.40 bits per heavy atom. The molecule has 4 nitrogen and oxygen atoms in total. The van der Waals surface area contributed by atoms with Crippen molar-refractivity contribution in [2.75, 3.05) is 5.32 Å². The Hall–Kier alpha value is -1.41. The summed E-state index contributed by atoms with van der Waals surface area (Å²) in [5, 5.41) is 3.51. The SMILES string of the molecule is CCCC1CCc2c(sc(NC(=O)c3cccc(I)c3)c2C(N)=O)C1.